The summed E-state index contributed by atoms with van der Waals surface area (Å²) >= 11 is 0. The number of aromatic nitrogens is 1. The molecule has 1 heterocycles. The predicted molar refractivity (Wildman–Crippen MR) is 94.7 cm³/mol. The number of carbonyl (C=O) groups excluding carboxylic acids is 1. The van der Waals surface area contributed by atoms with E-state index in [0.717, 1.165) is 31.5 Å². The van der Waals surface area contributed by atoms with Crippen LogP contribution < -0.4 is 10.6 Å². The number of rotatable bonds is 8. The molecule has 0 aliphatic rings. The van der Waals surface area contributed by atoms with Crippen LogP contribution >= 0.6 is 0 Å². The van der Waals surface area contributed by atoms with Crippen molar-refractivity contribution in [3.8, 4) is 0 Å². The number of carbonyl (C=O) groups is 1. The fourth-order valence-corrected chi connectivity index (χ4v) is 2.23. The standard InChI is InChI=1S/C19H25N3O/c1-3-15(2)22-19(23)18-14-17(11-13-21-18)20-12-7-10-16-8-5-4-6-9-16/h4-6,8-9,11,13-15H,3,7,10,12H2,1-2H3,(H,20,21)(H,22,23). The average molecular weight is 311 g/mol. The van der Waals surface area contributed by atoms with Crippen LogP contribution in [0.3, 0.4) is 0 Å². The van der Waals surface area contributed by atoms with E-state index in [1.165, 1.54) is 5.56 Å². The van der Waals surface area contributed by atoms with Crippen molar-refractivity contribution in [2.24, 2.45) is 0 Å². The lowest BCUT2D eigenvalue weighted by Crippen LogP contribution is -2.32. The molecule has 1 amide bonds. The van der Waals surface area contributed by atoms with Crippen LogP contribution in [-0.2, 0) is 6.42 Å². The van der Waals surface area contributed by atoms with Crippen molar-refractivity contribution in [2.75, 3.05) is 11.9 Å². The van der Waals surface area contributed by atoms with Crippen LogP contribution in [0.5, 0.6) is 0 Å². The number of hydrogen-bond donors (Lipinski definition) is 2. The van der Waals surface area contributed by atoms with Crippen molar-refractivity contribution in [1.29, 1.82) is 0 Å². The van der Waals surface area contributed by atoms with Gasteiger partial charge in [0, 0.05) is 24.5 Å². The summed E-state index contributed by atoms with van der Waals surface area (Å²) < 4.78 is 0. The van der Waals surface area contributed by atoms with E-state index in [9.17, 15) is 4.79 Å². The fourth-order valence-electron chi connectivity index (χ4n) is 2.23. The van der Waals surface area contributed by atoms with Gasteiger partial charge in [-0.25, -0.2) is 0 Å². The van der Waals surface area contributed by atoms with Crippen LogP contribution in [-0.4, -0.2) is 23.5 Å². The first-order valence-electron chi connectivity index (χ1n) is 8.23. The highest BCUT2D eigenvalue weighted by atomic mass is 16.1. The smallest absolute Gasteiger partial charge is 0.270 e. The van der Waals surface area contributed by atoms with E-state index >= 15 is 0 Å². The van der Waals surface area contributed by atoms with Crippen LogP contribution in [0, 0.1) is 0 Å². The van der Waals surface area contributed by atoms with Crippen molar-refractivity contribution >= 4 is 11.6 Å². The number of aryl methyl sites for hydroxylation is 1. The van der Waals surface area contributed by atoms with Crippen molar-refractivity contribution in [2.45, 2.75) is 39.2 Å². The molecule has 0 fully saturated rings. The summed E-state index contributed by atoms with van der Waals surface area (Å²) in [5.41, 5.74) is 2.73. The zero-order valence-electron chi connectivity index (χ0n) is 13.9. The summed E-state index contributed by atoms with van der Waals surface area (Å²) in [4.78, 5) is 16.2. The normalized spacial score (nSPS) is 11.7. The highest BCUT2D eigenvalue weighted by Gasteiger charge is 2.10. The van der Waals surface area contributed by atoms with E-state index in [1.807, 2.05) is 26.0 Å². The zero-order valence-corrected chi connectivity index (χ0v) is 13.9. The number of nitrogens with one attached hydrogen (secondary N) is 2. The second-order valence-corrected chi connectivity index (χ2v) is 5.73. The lowest BCUT2D eigenvalue weighted by Gasteiger charge is -2.12. The van der Waals surface area contributed by atoms with Gasteiger partial charge in [-0.2, -0.15) is 0 Å². The number of nitrogens with zero attached hydrogens (tertiary/aromatic N) is 1. The Morgan fingerprint density at radius 1 is 1.22 bits per heavy atom. The summed E-state index contributed by atoms with van der Waals surface area (Å²) in [7, 11) is 0. The molecule has 4 nitrogen and oxygen atoms in total. The molecule has 23 heavy (non-hydrogen) atoms. The van der Waals surface area contributed by atoms with Gasteiger partial charge in [-0.3, -0.25) is 9.78 Å². The van der Waals surface area contributed by atoms with Crippen LogP contribution in [0.2, 0.25) is 0 Å². The first-order valence-corrected chi connectivity index (χ1v) is 8.23. The molecule has 2 rings (SSSR count). The SMILES string of the molecule is CCC(C)NC(=O)c1cc(NCCCc2ccccc2)ccn1. The van der Waals surface area contributed by atoms with Gasteiger partial charge in [-0.15, -0.1) is 0 Å². The van der Waals surface area contributed by atoms with Crippen LogP contribution in [0.15, 0.2) is 48.7 Å². The van der Waals surface area contributed by atoms with Gasteiger partial charge in [0.25, 0.3) is 5.91 Å². The third kappa shape index (κ3) is 5.74. The van der Waals surface area contributed by atoms with Crippen LogP contribution in [0.1, 0.15) is 42.7 Å². The van der Waals surface area contributed by atoms with Gasteiger partial charge >= 0.3 is 0 Å². The topological polar surface area (TPSA) is 54.0 Å². The second-order valence-electron chi connectivity index (χ2n) is 5.73. The Bertz CT molecular complexity index is 613. The van der Waals surface area contributed by atoms with Crippen molar-refractivity contribution in [3.05, 3.63) is 59.9 Å². The number of anilines is 1. The molecule has 0 aliphatic heterocycles. The molecule has 4 heteroatoms. The summed E-state index contributed by atoms with van der Waals surface area (Å²) in [6.45, 7) is 4.90. The van der Waals surface area contributed by atoms with Crippen LogP contribution in [0.4, 0.5) is 5.69 Å². The average Bonchev–Trinajstić information content (AvgIpc) is 2.59. The molecule has 0 radical (unpaired) electrons. The van der Waals surface area contributed by atoms with Gasteiger partial charge in [0.2, 0.25) is 0 Å². The molecule has 2 N–H and O–H groups in total. The molecule has 2 aromatic rings. The Labute approximate surface area is 138 Å². The summed E-state index contributed by atoms with van der Waals surface area (Å²) in [5.74, 6) is -0.118. The maximum Gasteiger partial charge on any atom is 0.270 e. The minimum Gasteiger partial charge on any atom is -0.385 e. The molecule has 1 aromatic heterocycles. The lowest BCUT2D eigenvalue weighted by molar-refractivity contribution is 0.0934. The predicted octanol–water partition coefficient (Wildman–Crippen LogP) is 3.65. The van der Waals surface area contributed by atoms with E-state index in [1.54, 1.807) is 12.3 Å². The zero-order chi connectivity index (χ0) is 16.5. The van der Waals surface area contributed by atoms with Crippen molar-refractivity contribution < 1.29 is 4.79 Å². The van der Waals surface area contributed by atoms with Gasteiger partial charge < -0.3 is 10.6 Å². The first-order chi connectivity index (χ1) is 11.2. The van der Waals surface area contributed by atoms with Crippen molar-refractivity contribution in [1.82, 2.24) is 10.3 Å². The Kier molecular flexibility index (Phi) is 6.60. The first kappa shape index (κ1) is 17.0. The van der Waals surface area contributed by atoms with Gasteiger partial charge in [-0.05, 0) is 43.9 Å². The number of hydrogen-bond acceptors (Lipinski definition) is 3. The number of amides is 1. The number of benzene rings is 1. The molecule has 1 unspecified atom stereocenters. The second kappa shape index (κ2) is 8.93. The number of pyridine rings is 1. The monoisotopic (exact) mass is 311 g/mol. The van der Waals surface area contributed by atoms with E-state index in [2.05, 4.69) is 39.9 Å². The van der Waals surface area contributed by atoms with E-state index in [-0.39, 0.29) is 11.9 Å². The third-order valence-electron chi connectivity index (χ3n) is 3.80. The molecule has 0 saturated heterocycles. The Balaban J connectivity index is 1.81. The molecule has 0 bridgehead atoms. The molecule has 1 atom stereocenters. The van der Waals surface area contributed by atoms with Gasteiger partial charge in [-0.1, -0.05) is 37.3 Å². The summed E-state index contributed by atoms with van der Waals surface area (Å²) in [5, 5.41) is 6.29. The Morgan fingerprint density at radius 3 is 2.74 bits per heavy atom. The van der Waals surface area contributed by atoms with Crippen LogP contribution in [0.25, 0.3) is 0 Å². The Morgan fingerprint density at radius 2 is 2.00 bits per heavy atom. The lowest BCUT2D eigenvalue weighted by atomic mass is 10.1. The van der Waals surface area contributed by atoms with Gasteiger partial charge in [0.05, 0.1) is 0 Å². The minimum absolute atomic E-state index is 0.118. The highest BCUT2D eigenvalue weighted by molar-refractivity contribution is 5.93. The molecular formula is C19H25N3O. The molecule has 0 spiro atoms. The molecule has 122 valence electrons. The molecule has 0 aliphatic carbocycles. The van der Waals surface area contributed by atoms with E-state index in [0.29, 0.717) is 5.69 Å². The Hall–Kier alpha value is -2.36. The molecule has 0 saturated carbocycles. The quantitative estimate of drug-likeness (QED) is 0.732. The maximum absolute atomic E-state index is 12.1. The van der Waals surface area contributed by atoms with E-state index in [4.69, 9.17) is 0 Å². The highest BCUT2D eigenvalue weighted by Crippen LogP contribution is 2.09. The van der Waals surface area contributed by atoms with E-state index < -0.39 is 0 Å². The third-order valence-corrected chi connectivity index (χ3v) is 3.80. The van der Waals surface area contributed by atoms with Gasteiger partial charge in [0.1, 0.15) is 5.69 Å². The van der Waals surface area contributed by atoms with Gasteiger partial charge in [0.15, 0.2) is 0 Å². The maximum atomic E-state index is 12.1. The largest absolute Gasteiger partial charge is 0.385 e. The summed E-state index contributed by atoms with van der Waals surface area (Å²) in [6, 6.07) is 14.3. The molecular weight excluding hydrogens is 286 g/mol. The minimum atomic E-state index is -0.118. The van der Waals surface area contributed by atoms with Crippen molar-refractivity contribution in [3.63, 3.8) is 0 Å². The summed E-state index contributed by atoms with van der Waals surface area (Å²) in [6.07, 6.45) is 4.66. The fraction of sp³-hybridized carbons (Fsp3) is 0.368. The molecule has 1 aromatic carbocycles.